The molecule has 2 atom stereocenters. The Kier molecular flexibility index (Phi) is 8.28. The first kappa shape index (κ1) is 23.5. The minimum absolute atomic E-state index is 0.0112. The van der Waals surface area contributed by atoms with E-state index in [-0.39, 0.29) is 12.0 Å². The molecule has 172 valence electrons. The maximum absolute atomic E-state index is 12.2. The van der Waals surface area contributed by atoms with E-state index in [1.807, 2.05) is 26.8 Å². The van der Waals surface area contributed by atoms with Gasteiger partial charge >= 0.3 is 6.09 Å². The molecule has 0 bridgehead atoms. The van der Waals surface area contributed by atoms with Crippen molar-refractivity contribution in [3.8, 4) is 0 Å². The molecule has 1 aromatic carbocycles. The van der Waals surface area contributed by atoms with Gasteiger partial charge in [-0.25, -0.2) is 4.79 Å². The van der Waals surface area contributed by atoms with Crippen molar-refractivity contribution in [1.82, 2.24) is 20.4 Å². The standard InChI is InChI=1S/C23H36N4O4/c1-23(2,3)31-22(29)25-11-10-24-21(28)9-12-26-16-19-20(17-26)30-14-13-27(19)15-18-7-5-4-6-8-18/h4-8,19-20H,9-17H2,1-3H3,(H,24,28)(H,25,29)/t19-,20+/m0/s1. The van der Waals surface area contributed by atoms with Gasteiger partial charge in [-0.05, 0) is 26.3 Å². The average Bonchev–Trinajstić information content (AvgIpc) is 3.13. The van der Waals surface area contributed by atoms with Crippen LogP contribution >= 0.6 is 0 Å². The summed E-state index contributed by atoms with van der Waals surface area (Å²) in [5, 5.41) is 5.49. The zero-order valence-electron chi connectivity index (χ0n) is 18.9. The molecule has 31 heavy (non-hydrogen) atoms. The molecule has 2 aliphatic rings. The highest BCUT2D eigenvalue weighted by Gasteiger charge is 2.39. The predicted octanol–water partition coefficient (Wildman–Crippen LogP) is 1.60. The topological polar surface area (TPSA) is 83.1 Å². The number of nitrogens with zero attached hydrogens (tertiary/aromatic N) is 2. The Morgan fingerprint density at radius 1 is 1.13 bits per heavy atom. The second-order valence-electron chi connectivity index (χ2n) is 9.22. The number of alkyl carbamates (subject to hydrolysis) is 1. The van der Waals surface area contributed by atoms with Gasteiger partial charge in [0.2, 0.25) is 5.91 Å². The van der Waals surface area contributed by atoms with E-state index in [0.29, 0.717) is 32.1 Å². The second-order valence-corrected chi connectivity index (χ2v) is 9.22. The predicted molar refractivity (Wildman–Crippen MR) is 119 cm³/mol. The third-order valence-electron chi connectivity index (χ3n) is 5.49. The molecule has 0 radical (unpaired) electrons. The summed E-state index contributed by atoms with van der Waals surface area (Å²) in [5.41, 5.74) is 0.793. The molecule has 2 saturated heterocycles. The minimum atomic E-state index is -0.527. The summed E-state index contributed by atoms with van der Waals surface area (Å²) in [6.45, 7) is 11.3. The van der Waals surface area contributed by atoms with Gasteiger partial charge in [-0.1, -0.05) is 30.3 Å². The molecule has 0 spiro atoms. The van der Waals surface area contributed by atoms with Gasteiger partial charge in [0.05, 0.1) is 18.8 Å². The molecule has 2 fully saturated rings. The zero-order valence-corrected chi connectivity index (χ0v) is 18.9. The van der Waals surface area contributed by atoms with E-state index in [1.54, 1.807) is 0 Å². The monoisotopic (exact) mass is 432 g/mol. The van der Waals surface area contributed by atoms with Gasteiger partial charge in [0.25, 0.3) is 0 Å². The zero-order chi connectivity index (χ0) is 22.3. The first-order valence-corrected chi connectivity index (χ1v) is 11.2. The van der Waals surface area contributed by atoms with Gasteiger partial charge in [0.1, 0.15) is 5.60 Å². The van der Waals surface area contributed by atoms with Crippen molar-refractivity contribution in [1.29, 1.82) is 0 Å². The summed E-state index contributed by atoms with van der Waals surface area (Å²) in [6, 6.07) is 10.9. The summed E-state index contributed by atoms with van der Waals surface area (Å²) in [7, 11) is 0. The largest absolute Gasteiger partial charge is 0.444 e. The summed E-state index contributed by atoms with van der Waals surface area (Å²) in [6.07, 6.45) is 0.171. The molecule has 0 aromatic heterocycles. The van der Waals surface area contributed by atoms with E-state index < -0.39 is 11.7 Å². The normalized spacial score (nSPS) is 22.0. The molecular weight excluding hydrogens is 396 g/mol. The molecule has 2 N–H and O–H groups in total. The van der Waals surface area contributed by atoms with Crippen LogP contribution < -0.4 is 10.6 Å². The van der Waals surface area contributed by atoms with Crippen LogP contribution in [0.25, 0.3) is 0 Å². The Balaban J connectivity index is 1.34. The second kappa shape index (κ2) is 10.9. The number of fused-ring (bicyclic) bond motifs is 1. The average molecular weight is 433 g/mol. The highest BCUT2D eigenvalue weighted by atomic mass is 16.6. The Morgan fingerprint density at radius 2 is 1.87 bits per heavy atom. The van der Waals surface area contributed by atoms with Crippen molar-refractivity contribution in [2.75, 3.05) is 45.9 Å². The van der Waals surface area contributed by atoms with Crippen molar-refractivity contribution in [3.63, 3.8) is 0 Å². The molecule has 1 aromatic rings. The number of likely N-dealkylation sites (tertiary alicyclic amines) is 1. The van der Waals surface area contributed by atoms with Crippen molar-refractivity contribution in [3.05, 3.63) is 35.9 Å². The molecule has 3 rings (SSSR count). The molecular formula is C23H36N4O4. The lowest BCUT2D eigenvalue weighted by Crippen LogP contribution is -2.50. The Hall–Kier alpha value is -2.16. The SMILES string of the molecule is CC(C)(C)OC(=O)NCCNC(=O)CCN1C[C@H]2OCCN(Cc3ccccc3)[C@H]2C1. The summed E-state index contributed by atoms with van der Waals surface area (Å²) < 4.78 is 11.2. The molecule has 0 saturated carbocycles. The lowest BCUT2D eigenvalue weighted by Gasteiger charge is -2.37. The summed E-state index contributed by atoms with van der Waals surface area (Å²) in [5.74, 6) is -0.0112. The first-order chi connectivity index (χ1) is 14.8. The fourth-order valence-corrected chi connectivity index (χ4v) is 4.06. The third-order valence-corrected chi connectivity index (χ3v) is 5.49. The number of amides is 2. The molecule has 8 nitrogen and oxygen atoms in total. The van der Waals surface area contributed by atoms with Gasteiger partial charge in [0.15, 0.2) is 0 Å². The van der Waals surface area contributed by atoms with Gasteiger partial charge in [-0.2, -0.15) is 0 Å². The molecule has 8 heteroatoms. The van der Waals surface area contributed by atoms with Crippen LogP contribution in [0.2, 0.25) is 0 Å². The number of hydrogen-bond acceptors (Lipinski definition) is 6. The molecule has 0 unspecified atom stereocenters. The molecule has 2 amide bonds. The van der Waals surface area contributed by atoms with Crippen molar-refractivity contribution in [2.45, 2.75) is 51.5 Å². The molecule has 0 aliphatic carbocycles. The lowest BCUT2D eigenvalue weighted by molar-refractivity contribution is -0.121. The number of morpholine rings is 1. The molecule has 2 aliphatic heterocycles. The number of nitrogens with one attached hydrogen (secondary N) is 2. The number of benzene rings is 1. The van der Waals surface area contributed by atoms with Crippen LogP contribution in [-0.4, -0.2) is 85.4 Å². The van der Waals surface area contributed by atoms with E-state index in [4.69, 9.17) is 9.47 Å². The van der Waals surface area contributed by atoms with E-state index in [9.17, 15) is 9.59 Å². The van der Waals surface area contributed by atoms with Crippen molar-refractivity contribution in [2.24, 2.45) is 0 Å². The van der Waals surface area contributed by atoms with E-state index in [0.717, 1.165) is 32.8 Å². The van der Waals surface area contributed by atoms with Crippen molar-refractivity contribution >= 4 is 12.0 Å². The maximum Gasteiger partial charge on any atom is 0.407 e. The number of rotatable bonds is 8. The summed E-state index contributed by atoms with van der Waals surface area (Å²) >= 11 is 0. The van der Waals surface area contributed by atoms with E-state index in [1.165, 1.54) is 5.56 Å². The Morgan fingerprint density at radius 3 is 2.61 bits per heavy atom. The number of ether oxygens (including phenoxy) is 2. The van der Waals surface area contributed by atoms with Crippen LogP contribution in [0.5, 0.6) is 0 Å². The number of hydrogen-bond donors (Lipinski definition) is 2. The quantitative estimate of drug-likeness (QED) is 0.608. The van der Waals surface area contributed by atoms with Crippen LogP contribution in [-0.2, 0) is 20.8 Å². The number of carbonyl (C=O) groups is 2. The van der Waals surface area contributed by atoms with Crippen LogP contribution in [0.3, 0.4) is 0 Å². The smallest absolute Gasteiger partial charge is 0.407 e. The lowest BCUT2D eigenvalue weighted by atomic mass is 10.1. The van der Waals surface area contributed by atoms with Gasteiger partial charge in [-0.3, -0.25) is 14.6 Å². The van der Waals surface area contributed by atoms with Gasteiger partial charge in [-0.15, -0.1) is 0 Å². The van der Waals surface area contributed by atoms with Crippen LogP contribution in [0.1, 0.15) is 32.8 Å². The van der Waals surface area contributed by atoms with Crippen LogP contribution in [0.15, 0.2) is 30.3 Å². The number of carbonyl (C=O) groups excluding carboxylic acids is 2. The van der Waals surface area contributed by atoms with E-state index in [2.05, 4.69) is 44.7 Å². The fraction of sp³-hybridized carbons (Fsp3) is 0.652. The minimum Gasteiger partial charge on any atom is -0.444 e. The Bertz CT molecular complexity index is 722. The van der Waals surface area contributed by atoms with Crippen LogP contribution in [0, 0.1) is 0 Å². The van der Waals surface area contributed by atoms with Crippen molar-refractivity contribution < 1.29 is 19.1 Å². The molecule has 2 heterocycles. The fourth-order valence-electron chi connectivity index (χ4n) is 4.06. The summed E-state index contributed by atoms with van der Waals surface area (Å²) in [4.78, 5) is 28.6. The van der Waals surface area contributed by atoms with Gasteiger partial charge < -0.3 is 20.1 Å². The Labute approximate surface area is 185 Å². The van der Waals surface area contributed by atoms with E-state index >= 15 is 0 Å². The highest BCUT2D eigenvalue weighted by Crippen LogP contribution is 2.24. The third kappa shape index (κ3) is 7.79. The highest BCUT2D eigenvalue weighted by molar-refractivity contribution is 5.76. The van der Waals surface area contributed by atoms with Crippen LogP contribution in [0.4, 0.5) is 4.79 Å². The van der Waals surface area contributed by atoms with Gasteiger partial charge in [0, 0.05) is 52.2 Å². The maximum atomic E-state index is 12.2. The first-order valence-electron chi connectivity index (χ1n) is 11.2.